The molecule has 0 spiro atoms. The lowest BCUT2D eigenvalue weighted by atomic mass is 10.4. The second-order valence-corrected chi connectivity index (χ2v) is 4.82. The molecule has 0 saturated carbocycles. The van der Waals surface area contributed by atoms with Crippen molar-refractivity contribution in [2.75, 3.05) is 33.8 Å². The Kier molecular flexibility index (Phi) is 5.45. The summed E-state index contributed by atoms with van der Waals surface area (Å²) in [4.78, 5) is 16.4. The molecule has 0 bridgehead atoms. The summed E-state index contributed by atoms with van der Waals surface area (Å²) in [6, 6.07) is 4.07. The third-order valence-corrected chi connectivity index (χ3v) is 3.13. The first-order chi connectivity index (χ1) is 7.63. The Labute approximate surface area is 100 Å². The van der Waals surface area contributed by atoms with E-state index in [0.29, 0.717) is 13.1 Å². The van der Waals surface area contributed by atoms with Crippen molar-refractivity contribution in [3.05, 3.63) is 22.4 Å². The van der Waals surface area contributed by atoms with E-state index in [4.69, 9.17) is 5.11 Å². The van der Waals surface area contributed by atoms with E-state index < -0.39 is 0 Å². The zero-order chi connectivity index (χ0) is 12.0. The first kappa shape index (κ1) is 13.2. The average Bonchev–Trinajstić information content (AvgIpc) is 2.70. The van der Waals surface area contributed by atoms with Crippen molar-refractivity contribution in [3.8, 4) is 0 Å². The lowest BCUT2D eigenvalue weighted by molar-refractivity contribution is -0.131. The van der Waals surface area contributed by atoms with Gasteiger partial charge in [0.2, 0.25) is 5.91 Å². The van der Waals surface area contributed by atoms with Gasteiger partial charge >= 0.3 is 0 Å². The van der Waals surface area contributed by atoms with Gasteiger partial charge in [-0.1, -0.05) is 6.07 Å². The summed E-state index contributed by atoms with van der Waals surface area (Å²) in [7, 11) is 3.63. The quantitative estimate of drug-likeness (QED) is 0.796. The molecule has 1 rings (SSSR count). The second-order valence-electron chi connectivity index (χ2n) is 3.79. The van der Waals surface area contributed by atoms with Gasteiger partial charge < -0.3 is 10.0 Å². The van der Waals surface area contributed by atoms with Crippen LogP contribution >= 0.6 is 11.3 Å². The summed E-state index contributed by atoms with van der Waals surface area (Å²) < 4.78 is 0. The molecule has 4 nitrogen and oxygen atoms in total. The molecule has 5 heteroatoms. The lowest BCUT2D eigenvalue weighted by Crippen LogP contribution is -2.37. The van der Waals surface area contributed by atoms with E-state index in [1.165, 1.54) is 4.88 Å². The van der Waals surface area contributed by atoms with Crippen LogP contribution in [0.3, 0.4) is 0 Å². The maximum absolute atomic E-state index is 11.6. The fourth-order valence-corrected chi connectivity index (χ4v) is 2.13. The highest BCUT2D eigenvalue weighted by atomic mass is 32.1. The molecule has 90 valence electrons. The molecule has 1 aromatic rings. The van der Waals surface area contributed by atoms with Gasteiger partial charge in [-0.2, -0.15) is 0 Å². The molecule has 16 heavy (non-hydrogen) atoms. The summed E-state index contributed by atoms with van der Waals surface area (Å²) in [5, 5.41) is 10.8. The van der Waals surface area contributed by atoms with E-state index in [-0.39, 0.29) is 12.5 Å². The Morgan fingerprint density at radius 1 is 1.50 bits per heavy atom. The SMILES string of the molecule is CN(CC(=O)N(C)CCO)Cc1cccs1. The molecule has 1 amide bonds. The Morgan fingerprint density at radius 3 is 2.81 bits per heavy atom. The van der Waals surface area contributed by atoms with Crippen molar-refractivity contribution < 1.29 is 9.90 Å². The van der Waals surface area contributed by atoms with Gasteiger partial charge in [-0.3, -0.25) is 9.69 Å². The molecule has 0 aromatic carbocycles. The molecule has 0 aliphatic rings. The van der Waals surface area contributed by atoms with E-state index in [1.807, 2.05) is 23.4 Å². The number of hydrogen-bond donors (Lipinski definition) is 1. The number of rotatable bonds is 6. The fourth-order valence-electron chi connectivity index (χ4n) is 1.35. The summed E-state index contributed by atoms with van der Waals surface area (Å²) >= 11 is 1.69. The molecule has 0 unspecified atom stereocenters. The van der Waals surface area contributed by atoms with Crippen LogP contribution < -0.4 is 0 Å². The third-order valence-electron chi connectivity index (χ3n) is 2.27. The highest BCUT2D eigenvalue weighted by Gasteiger charge is 2.11. The number of carbonyl (C=O) groups is 1. The van der Waals surface area contributed by atoms with E-state index in [9.17, 15) is 4.79 Å². The predicted octanol–water partition coefficient (Wildman–Crippen LogP) is 0.631. The molecule has 1 N–H and O–H groups in total. The van der Waals surface area contributed by atoms with Gasteiger partial charge in [0.05, 0.1) is 13.2 Å². The maximum atomic E-state index is 11.6. The standard InChI is InChI=1S/C11H18N2O2S/c1-12(8-10-4-3-7-16-10)9-11(15)13(2)5-6-14/h3-4,7,14H,5-6,8-9H2,1-2H3. The summed E-state index contributed by atoms with van der Waals surface area (Å²) in [6.07, 6.45) is 0. The Hall–Kier alpha value is -0.910. The molecule has 0 radical (unpaired) electrons. The first-order valence-electron chi connectivity index (χ1n) is 5.19. The number of aliphatic hydroxyl groups is 1. The number of nitrogens with zero attached hydrogens (tertiary/aromatic N) is 2. The molecule has 0 aliphatic heterocycles. The van der Waals surface area contributed by atoms with Crippen LogP contribution in [0.2, 0.25) is 0 Å². The Bertz CT molecular complexity index is 314. The van der Waals surface area contributed by atoms with Crippen molar-refractivity contribution in [1.29, 1.82) is 0 Å². The largest absolute Gasteiger partial charge is 0.395 e. The van der Waals surface area contributed by atoms with E-state index in [0.717, 1.165) is 6.54 Å². The minimum Gasteiger partial charge on any atom is -0.395 e. The number of aliphatic hydroxyl groups excluding tert-OH is 1. The monoisotopic (exact) mass is 242 g/mol. The van der Waals surface area contributed by atoms with Gasteiger partial charge in [-0.05, 0) is 18.5 Å². The Morgan fingerprint density at radius 2 is 2.25 bits per heavy atom. The van der Waals surface area contributed by atoms with Crippen molar-refractivity contribution in [3.63, 3.8) is 0 Å². The first-order valence-corrected chi connectivity index (χ1v) is 6.07. The smallest absolute Gasteiger partial charge is 0.236 e. The van der Waals surface area contributed by atoms with Gasteiger partial charge in [-0.25, -0.2) is 0 Å². The van der Waals surface area contributed by atoms with Gasteiger partial charge in [0.1, 0.15) is 0 Å². The second kappa shape index (κ2) is 6.62. The van der Waals surface area contributed by atoms with Crippen LogP contribution in [0.4, 0.5) is 0 Å². The lowest BCUT2D eigenvalue weighted by Gasteiger charge is -2.20. The zero-order valence-electron chi connectivity index (χ0n) is 9.72. The molecular weight excluding hydrogens is 224 g/mol. The maximum Gasteiger partial charge on any atom is 0.236 e. The molecule has 0 atom stereocenters. The fraction of sp³-hybridized carbons (Fsp3) is 0.545. The molecule has 0 aliphatic carbocycles. The van der Waals surface area contributed by atoms with E-state index >= 15 is 0 Å². The average molecular weight is 242 g/mol. The van der Waals surface area contributed by atoms with Crippen molar-refractivity contribution >= 4 is 17.2 Å². The normalized spacial score (nSPS) is 10.8. The van der Waals surface area contributed by atoms with Crippen LogP contribution in [0.1, 0.15) is 4.88 Å². The van der Waals surface area contributed by atoms with Crippen LogP contribution in [0.25, 0.3) is 0 Å². The van der Waals surface area contributed by atoms with Crippen LogP contribution in [0.15, 0.2) is 17.5 Å². The van der Waals surface area contributed by atoms with Gasteiger partial charge in [0.15, 0.2) is 0 Å². The minimum absolute atomic E-state index is 0.0108. The van der Waals surface area contributed by atoms with E-state index in [2.05, 4.69) is 6.07 Å². The zero-order valence-corrected chi connectivity index (χ0v) is 10.5. The molecule has 0 fully saturated rings. The molecule has 1 aromatic heterocycles. The van der Waals surface area contributed by atoms with E-state index in [1.54, 1.807) is 23.3 Å². The van der Waals surface area contributed by atoms with Crippen LogP contribution in [-0.4, -0.2) is 54.6 Å². The van der Waals surface area contributed by atoms with Gasteiger partial charge in [-0.15, -0.1) is 11.3 Å². The third kappa shape index (κ3) is 4.30. The van der Waals surface area contributed by atoms with Gasteiger partial charge in [0, 0.05) is 25.0 Å². The number of amides is 1. The van der Waals surface area contributed by atoms with Crippen LogP contribution in [0.5, 0.6) is 0 Å². The molecule has 0 saturated heterocycles. The highest BCUT2D eigenvalue weighted by Crippen LogP contribution is 2.10. The summed E-state index contributed by atoms with van der Waals surface area (Å²) in [5.74, 6) is 0.0353. The molecular formula is C11H18N2O2S. The summed E-state index contributed by atoms with van der Waals surface area (Å²) in [5.41, 5.74) is 0. The summed E-state index contributed by atoms with van der Waals surface area (Å²) in [6.45, 7) is 1.58. The minimum atomic E-state index is 0.0108. The molecule has 1 heterocycles. The number of likely N-dealkylation sites (N-methyl/N-ethyl adjacent to an activating group) is 2. The highest BCUT2D eigenvalue weighted by molar-refractivity contribution is 7.09. The number of carbonyl (C=O) groups excluding carboxylic acids is 1. The number of thiophene rings is 1. The Balaban J connectivity index is 2.33. The van der Waals surface area contributed by atoms with Crippen LogP contribution in [-0.2, 0) is 11.3 Å². The van der Waals surface area contributed by atoms with Crippen molar-refractivity contribution in [2.45, 2.75) is 6.54 Å². The van der Waals surface area contributed by atoms with Crippen LogP contribution in [0, 0.1) is 0 Å². The van der Waals surface area contributed by atoms with Crippen molar-refractivity contribution in [1.82, 2.24) is 9.80 Å². The number of hydrogen-bond acceptors (Lipinski definition) is 4. The van der Waals surface area contributed by atoms with Gasteiger partial charge in [0.25, 0.3) is 0 Å². The van der Waals surface area contributed by atoms with Crippen molar-refractivity contribution in [2.24, 2.45) is 0 Å². The topological polar surface area (TPSA) is 43.8 Å². The predicted molar refractivity (Wildman–Crippen MR) is 65.4 cm³/mol.